The molecule has 0 bridgehead atoms. The normalized spacial score (nSPS) is 13.1. The Morgan fingerprint density at radius 3 is 2.50 bits per heavy atom. The number of aliphatic hydroxyl groups is 1. The van der Waals surface area contributed by atoms with Gasteiger partial charge in [-0.05, 0) is 40.7 Å². The van der Waals surface area contributed by atoms with Gasteiger partial charge in [-0.15, -0.1) is 0 Å². The zero-order valence-electron chi connectivity index (χ0n) is 9.11. The van der Waals surface area contributed by atoms with Crippen molar-refractivity contribution in [2.75, 3.05) is 0 Å². The Hall–Kier alpha value is -1.60. The van der Waals surface area contributed by atoms with Gasteiger partial charge >= 0.3 is 0 Å². The molecule has 16 heavy (non-hydrogen) atoms. The minimum Gasteiger partial charge on any atom is -0.392 e. The van der Waals surface area contributed by atoms with Crippen molar-refractivity contribution in [2.24, 2.45) is 0 Å². The lowest BCUT2D eigenvalue weighted by molar-refractivity contribution is 0.281. The molecular formula is C15H14O. The third-order valence-corrected chi connectivity index (χ3v) is 3.32. The van der Waals surface area contributed by atoms with Crippen molar-refractivity contribution < 1.29 is 5.11 Å². The first-order valence-corrected chi connectivity index (χ1v) is 5.69. The molecule has 0 aliphatic heterocycles. The molecular weight excluding hydrogens is 196 g/mol. The molecule has 0 spiro atoms. The van der Waals surface area contributed by atoms with E-state index in [2.05, 4.69) is 36.4 Å². The van der Waals surface area contributed by atoms with Crippen LogP contribution >= 0.6 is 0 Å². The highest BCUT2D eigenvalue weighted by Crippen LogP contribution is 2.33. The lowest BCUT2D eigenvalue weighted by atomic mass is 9.85. The lowest BCUT2D eigenvalue weighted by Gasteiger charge is -2.20. The second-order valence-electron chi connectivity index (χ2n) is 4.31. The van der Waals surface area contributed by atoms with Crippen molar-refractivity contribution in [3.8, 4) is 11.1 Å². The van der Waals surface area contributed by atoms with E-state index in [1.54, 1.807) is 0 Å². The van der Waals surface area contributed by atoms with E-state index in [-0.39, 0.29) is 6.61 Å². The van der Waals surface area contributed by atoms with Crippen LogP contribution in [0.15, 0.2) is 42.5 Å². The molecule has 0 saturated heterocycles. The van der Waals surface area contributed by atoms with Crippen molar-refractivity contribution in [3.05, 3.63) is 59.2 Å². The molecule has 0 unspecified atom stereocenters. The molecule has 2 aromatic carbocycles. The largest absolute Gasteiger partial charge is 0.392 e. The number of fused-ring (bicyclic) bond motifs is 3. The van der Waals surface area contributed by atoms with Gasteiger partial charge < -0.3 is 5.11 Å². The average Bonchev–Trinajstić information content (AvgIpc) is 2.38. The Balaban J connectivity index is 2.18. The van der Waals surface area contributed by atoms with E-state index in [0.29, 0.717) is 0 Å². The highest BCUT2D eigenvalue weighted by Gasteiger charge is 2.15. The predicted octanol–water partition coefficient (Wildman–Crippen LogP) is 2.94. The van der Waals surface area contributed by atoms with Crippen molar-refractivity contribution >= 4 is 0 Å². The topological polar surface area (TPSA) is 20.2 Å². The van der Waals surface area contributed by atoms with Gasteiger partial charge in [-0.3, -0.25) is 0 Å². The summed E-state index contributed by atoms with van der Waals surface area (Å²) in [7, 11) is 0. The fourth-order valence-electron chi connectivity index (χ4n) is 2.49. The van der Waals surface area contributed by atoms with E-state index >= 15 is 0 Å². The number of hydrogen-bond donors (Lipinski definition) is 1. The fraction of sp³-hybridized carbons (Fsp3) is 0.200. The molecule has 1 nitrogen and oxygen atoms in total. The van der Waals surface area contributed by atoms with Crippen LogP contribution in [0.3, 0.4) is 0 Å². The van der Waals surface area contributed by atoms with E-state index in [9.17, 15) is 0 Å². The number of benzene rings is 2. The smallest absolute Gasteiger partial charge is 0.0681 e. The molecule has 0 fully saturated rings. The number of hydrogen-bond acceptors (Lipinski definition) is 1. The van der Waals surface area contributed by atoms with E-state index in [1.165, 1.54) is 22.3 Å². The van der Waals surface area contributed by atoms with Crippen LogP contribution in [0, 0.1) is 0 Å². The summed E-state index contributed by atoms with van der Waals surface area (Å²) in [6.07, 6.45) is 2.19. The van der Waals surface area contributed by atoms with Crippen LogP contribution < -0.4 is 0 Å². The van der Waals surface area contributed by atoms with Gasteiger partial charge in [-0.1, -0.05) is 42.5 Å². The third kappa shape index (κ3) is 1.44. The summed E-state index contributed by atoms with van der Waals surface area (Å²) in [5.41, 5.74) is 6.50. The van der Waals surface area contributed by atoms with Crippen molar-refractivity contribution in [1.29, 1.82) is 0 Å². The van der Waals surface area contributed by atoms with Gasteiger partial charge in [0.05, 0.1) is 6.61 Å². The molecule has 0 atom stereocenters. The molecule has 1 heteroatoms. The monoisotopic (exact) mass is 210 g/mol. The second-order valence-corrected chi connectivity index (χ2v) is 4.31. The van der Waals surface area contributed by atoms with Crippen LogP contribution in [0.4, 0.5) is 0 Å². The van der Waals surface area contributed by atoms with Gasteiger partial charge in [0.25, 0.3) is 0 Å². The van der Waals surface area contributed by atoms with E-state index in [4.69, 9.17) is 5.11 Å². The van der Waals surface area contributed by atoms with Crippen molar-refractivity contribution in [2.45, 2.75) is 19.4 Å². The van der Waals surface area contributed by atoms with E-state index < -0.39 is 0 Å². The highest BCUT2D eigenvalue weighted by atomic mass is 16.3. The van der Waals surface area contributed by atoms with Crippen molar-refractivity contribution in [1.82, 2.24) is 0 Å². The summed E-state index contributed by atoms with van der Waals surface area (Å²) >= 11 is 0. The Kier molecular flexibility index (Phi) is 2.26. The van der Waals surface area contributed by atoms with E-state index in [1.807, 2.05) is 6.07 Å². The molecule has 0 amide bonds. The summed E-state index contributed by atoms with van der Waals surface area (Å²) in [6.45, 7) is 0.134. The molecule has 0 saturated carbocycles. The molecule has 80 valence electrons. The maximum atomic E-state index is 9.13. The maximum Gasteiger partial charge on any atom is 0.0681 e. The summed E-state index contributed by atoms with van der Waals surface area (Å²) in [5, 5.41) is 9.13. The SMILES string of the molecule is OCc1ccc2c(c1)CCc1ccccc1-2. The standard InChI is InChI=1S/C15H14O/c16-10-11-5-8-15-13(9-11)7-6-12-3-1-2-4-14(12)15/h1-5,8-9,16H,6-7,10H2. The molecule has 0 radical (unpaired) electrons. The minimum absolute atomic E-state index is 0.134. The number of aliphatic hydroxyl groups excluding tert-OH is 1. The Morgan fingerprint density at radius 1 is 0.875 bits per heavy atom. The van der Waals surface area contributed by atoms with Gasteiger partial charge in [0.1, 0.15) is 0 Å². The average molecular weight is 210 g/mol. The first-order valence-electron chi connectivity index (χ1n) is 5.69. The van der Waals surface area contributed by atoms with E-state index in [0.717, 1.165) is 18.4 Å². The third-order valence-electron chi connectivity index (χ3n) is 3.32. The molecule has 1 aliphatic carbocycles. The van der Waals surface area contributed by atoms with Crippen LogP contribution in [0.1, 0.15) is 16.7 Å². The number of aryl methyl sites for hydroxylation is 2. The molecule has 0 aromatic heterocycles. The molecule has 1 aliphatic rings. The number of rotatable bonds is 1. The molecule has 0 heterocycles. The zero-order valence-corrected chi connectivity index (χ0v) is 9.11. The first-order chi connectivity index (χ1) is 7.88. The second kappa shape index (κ2) is 3.76. The summed E-state index contributed by atoms with van der Waals surface area (Å²) in [5.74, 6) is 0. The van der Waals surface area contributed by atoms with Crippen LogP contribution in [-0.2, 0) is 19.4 Å². The zero-order chi connectivity index (χ0) is 11.0. The van der Waals surface area contributed by atoms with Crippen LogP contribution in [0.2, 0.25) is 0 Å². The molecule has 2 aromatic rings. The summed E-state index contributed by atoms with van der Waals surface area (Å²) < 4.78 is 0. The van der Waals surface area contributed by atoms with Crippen LogP contribution in [0.5, 0.6) is 0 Å². The quantitative estimate of drug-likeness (QED) is 0.767. The molecule has 3 rings (SSSR count). The summed E-state index contributed by atoms with van der Waals surface area (Å²) in [4.78, 5) is 0. The lowest BCUT2D eigenvalue weighted by Crippen LogP contribution is -2.04. The Morgan fingerprint density at radius 2 is 1.62 bits per heavy atom. The van der Waals surface area contributed by atoms with Gasteiger partial charge in [0.15, 0.2) is 0 Å². The molecule has 1 N–H and O–H groups in total. The van der Waals surface area contributed by atoms with Gasteiger partial charge in [0.2, 0.25) is 0 Å². The van der Waals surface area contributed by atoms with Crippen molar-refractivity contribution in [3.63, 3.8) is 0 Å². The highest BCUT2D eigenvalue weighted by molar-refractivity contribution is 5.73. The van der Waals surface area contributed by atoms with Crippen LogP contribution in [0.25, 0.3) is 11.1 Å². The summed E-state index contributed by atoms with van der Waals surface area (Å²) in [6, 6.07) is 14.9. The Bertz CT molecular complexity index is 529. The van der Waals surface area contributed by atoms with Crippen LogP contribution in [-0.4, -0.2) is 5.11 Å². The van der Waals surface area contributed by atoms with Gasteiger partial charge in [-0.2, -0.15) is 0 Å². The maximum absolute atomic E-state index is 9.13. The minimum atomic E-state index is 0.134. The fourth-order valence-corrected chi connectivity index (χ4v) is 2.49. The first kappa shape index (κ1) is 9.61. The predicted molar refractivity (Wildman–Crippen MR) is 65.2 cm³/mol. The van der Waals surface area contributed by atoms with Gasteiger partial charge in [-0.25, -0.2) is 0 Å². The van der Waals surface area contributed by atoms with Gasteiger partial charge in [0, 0.05) is 0 Å². The Labute approximate surface area is 95.4 Å².